The molecule has 0 saturated carbocycles. The minimum absolute atomic E-state index is 0.0428. The molecule has 86 valence electrons. The number of benzene rings is 1. The predicted molar refractivity (Wildman–Crippen MR) is 58.0 cm³/mol. The number of hydrogen-bond acceptors (Lipinski definition) is 4. The average Bonchev–Trinajstić information content (AvgIpc) is 2.26. The second-order valence-electron chi connectivity index (χ2n) is 3.17. The van der Waals surface area contributed by atoms with Gasteiger partial charge >= 0.3 is 5.97 Å². The van der Waals surface area contributed by atoms with Crippen molar-refractivity contribution in [2.24, 2.45) is 0 Å². The van der Waals surface area contributed by atoms with Gasteiger partial charge in [0.1, 0.15) is 5.75 Å². The van der Waals surface area contributed by atoms with Crippen molar-refractivity contribution in [2.75, 3.05) is 12.4 Å². The van der Waals surface area contributed by atoms with Crippen molar-refractivity contribution in [1.82, 2.24) is 0 Å². The summed E-state index contributed by atoms with van der Waals surface area (Å²) in [6.07, 6.45) is 0.101. The van der Waals surface area contributed by atoms with Crippen LogP contribution in [0.5, 0.6) is 5.75 Å². The number of aromatic hydroxyl groups is 1. The third kappa shape index (κ3) is 4.00. The summed E-state index contributed by atoms with van der Waals surface area (Å²) in [5.74, 6) is -0.646. The van der Waals surface area contributed by atoms with Crippen LogP contribution in [0.15, 0.2) is 24.3 Å². The molecule has 1 amide bonds. The normalized spacial score (nSPS) is 9.56. The van der Waals surface area contributed by atoms with Crippen LogP contribution in [0.3, 0.4) is 0 Å². The molecule has 0 aliphatic carbocycles. The van der Waals surface area contributed by atoms with Crippen molar-refractivity contribution < 1.29 is 19.4 Å². The lowest BCUT2D eigenvalue weighted by Crippen LogP contribution is -2.13. The number of esters is 1. The van der Waals surface area contributed by atoms with Crippen LogP contribution in [0.2, 0.25) is 0 Å². The van der Waals surface area contributed by atoms with Gasteiger partial charge in [0.15, 0.2) is 0 Å². The van der Waals surface area contributed by atoms with E-state index in [9.17, 15) is 9.59 Å². The highest BCUT2D eigenvalue weighted by Crippen LogP contribution is 2.15. The summed E-state index contributed by atoms with van der Waals surface area (Å²) in [4.78, 5) is 22.1. The molecule has 2 N–H and O–H groups in total. The molecule has 0 heterocycles. The fourth-order valence-corrected chi connectivity index (χ4v) is 1.12. The first-order valence-electron chi connectivity index (χ1n) is 4.77. The number of amides is 1. The Labute approximate surface area is 93.0 Å². The van der Waals surface area contributed by atoms with E-state index in [1.807, 2.05) is 0 Å². The van der Waals surface area contributed by atoms with Gasteiger partial charge < -0.3 is 15.2 Å². The average molecular weight is 223 g/mol. The Kier molecular flexibility index (Phi) is 4.32. The summed E-state index contributed by atoms with van der Waals surface area (Å²) in [5.41, 5.74) is 0.495. The van der Waals surface area contributed by atoms with Gasteiger partial charge in [-0.25, -0.2) is 0 Å². The summed E-state index contributed by atoms with van der Waals surface area (Å²) in [5, 5.41) is 11.7. The largest absolute Gasteiger partial charge is 0.508 e. The first-order valence-corrected chi connectivity index (χ1v) is 4.77. The van der Waals surface area contributed by atoms with Crippen molar-refractivity contribution >= 4 is 17.6 Å². The van der Waals surface area contributed by atoms with Crippen LogP contribution in [0.1, 0.15) is 12.8 Å². The van der Waals surface area contributed by atoms with Crippen LogP contribution in [0, 0.1) is 0 Å². The van der Waals surface area contributed by atoms with Crippen LogP contribution in [-0.2, 0) is 14.3 Å². The Bertz CT molecular complexity index is 389. The molecule has 5 heteroatoms. The van der Waals surface area contributed by atoms with E-state index in [1.54, 1.807) is 12.1 Å². The third-order valence-corrected chi connectivity index (χ3v) is 1.91. The Morgan fingerprint density at radius 2 is 2.12 bits per heavy atom. The van der Waals surface area contributed by atoms with Crippen LogP contribution in [0.25, 0.3) is 0 Å². The van der Waals surface area contributed by atoms with Gasteiger partial charge in [0.25, 0.3) is 0 Å². The monoisotopic (exact) mass is 223 g/mol. The lowest BCUT2D eigenvalue weighted by atomic mass is 10.2. The molecule has 5 nitrogen and oxygen atoms in total. The highest BCUT2D eigenvalue weighted by molar-refractivity contribution is 5.92. The minimum Gasteiger partial charge on any atom is -0.508 e. The van der Waals surface area contributed by atoms with E-state index in [0.29, 0.717) is 5.69 Å². The van der Waals surface area contributed by atoms with Gasteiger partial charge in [-0.2, -0.15) is 0 Å². The lowest BCUT2D eigenvalue weighted by molar-refractivity contribution is -0.141. The van der Waals surface area contributed by atoms with Crippen LogP contribution in [-0.4, -0.2) is 24.1 Å². The fourth-order valence-electron chi connectivity index (χ4n) is 1.12. The van der Waals surface area contributed by atoms with Gasteiger partial charge in [0, 0.05) is 18.2 Å². The van der Waals surface area contributed by atoms with Crippen LogP contribution in [0.4, 0.5) is 5.69 Å². The number of carbonyl (C=O) groups is 2. The zero-order chi connectivity index (χ0) is 12.0. The quantitative estimate of drug-likeness (QED) is 0.754. The van der Waals surface area contributed by atoms with Crippen molar-refractivity contribution in [3.63, 3.8) is 0 Å². The molecule has 0 aliphatic rings. The van der Waals surface area contributed by atoms with Crippen LogP contribution < -0.4 is 5.32 Å². The summed E-state index contributed by atoms with van der Waals surface area (Å²) >= 11 is 0. The van der Waals surface area contributed by atoms with E-state index >= 15 is 0 Å². The summed E-state index contributed by atoms with van der Waals surface area (Å²) < 4.78 is 4.41. The smallest absolute Gasteiger partial charge is 0.306 e. The maximum Gasteiger partial charge on any atom is 0.306 e. The summed E-state index contributed by atoms with van der Waals surface area (Å²) in [6.45, 7) is 0. The topological polar surface area (TPSA) is 75.6 Å². The number of ether oxygens (including phenoxy) is 1. The van der Waals surface area contributed by atoms with Gasteiger partial charge in [-0.05, 0) is 12.1 Å². The van der Waals surface area contributed by atoms with Gasteiger partial charge in [-0.15, -0.1) is 0 Å². The Morgan fingerprint density at radius 1 is 1.38 bits per heavy atom. The molecule has 1 aromatic carbocycles. The van der Waals surface area contributed by atoms with Crippen molar-refractivity contribution in [1.29, 1.82) is 0 Å². The molecule has 0 radical (unpaired) electrons. The SMILES string of the molecule is COC(=O)CCC(=O)Nc1cccc(O)c1. The van der Waals surface area contributed by atoms with Gasteiger partial charge in [0.05, 0.1) is 13.5 Å². The van der Waals surface area contributed by atoms with E-state index in [4.69, 9.17) is 5.11 Å². The lowest BCUT2D eigenvalue weighted by Gasteiger charge is -2.04. The highest BCUT2D eigenvalue weighted by atomic mass is 16.5. The van der Waals surface area contributed by atoms with Crippen molar-refractivity contribution in [3.8, 4) is 5.75 Å². The molecule has 0 unspecified atom stereocenters. The zero-order valence-corrected chi connectivity index (χ0v) is 8.90. The molecule has 16 heavy (non-hydrogen) atoms. The van der Waals surface area contributed by atoms with E-state index in [0.717, 1.165) is 0 Å². The fraction of sp³-hybridized carbons (Fsp3) is 0.273. The predicted octanol–water partition coefficient (Wildman–Crippen LogP) is 1.28. The maximum atomic E-state index is 11.3. The van der Waals surface area contributed by atoms with E-state index < -0.39 is 5.97 Å². The standard InChI is InChI=1S/C11H13NO4/c1-16-11(15)6-5-10(14)12-8-3-2-4-9(13)7-8/h2-4,7,13H,5-6H2,1H3,(H,12,14). The molecule has 0 spiro atoms. The summed E-state index contributed by atoms with van der Waals surface area (Å²) in [7, 11) is 1.27. The second kappa shape index (κ2) is 5.75. The molecular formula is C11H13NO4. The Morgan fingerprint density at radius 3 is 2.75 bits per heavy atom. The van der Waals surface area contributed by atoms with Crippen LogP contribution >= 0.6 is 0 Å². The number of rotatable bonds is 4. The minimum atomic E-state index is -0.425. The van der Waals surface area contributed by atoms with Gasteiger partial charge in [-0.1, -0.05) is 6.07 Å². The molecule has 0 atom stereocenters. The second-order valence-corrected chi connectivity index (χ2v) is 3.17. The van der Waals surface area contributed by atoms with E-state index in [2.05, 4.69) is 10.1 Å². The third-order valence-electron chi connectivity index (χ3n) is 1.91. The van der Waals surface area contributed by atoms with Gasteiger partial charge in [0.2, 0.25) is 5.91 Å². The maximum absolute atomic E-state index is 11.3. The van der Waals surface area contributed by atoms with E-state index in [1.165, 1.54) is 19.2 Å². The number of anilines is 1. The molecule has 1 aromatic rings. The van der Waals surface area contributed by atoms with Gasteiger partial charge in [-0.3, -0.25) is 9.59 Å². The molecule has 0 aromatic heterocycles. The molecule has 0 bridgehead atoms. The first kappa shape index (κ1) is 12.0. The molecule has 0 fully saturated rings. The van der Waals surface area contributed by atoms with E-state index in [-0.39, 0.29) is 24.5 Å². The molecule has 1 rings (SSSR count). The summed E-state index contributed by atoms with van der Waals surface area (Å²) in [6, 6.07) is 6.20. The molecule has 0 aliphatic heterocycles. The number of phenolic OH excluding ortho intramolecular Hbond substituents is 1. The number of phenols is 1. The number of hydrogen-bond donors (Lipinski definition) is 2. The Balaban J connectivity index is 2.43. The first-order chi connectivity index (χ1) is 7.61. The highest BCUT2D eigenvalue weighted by Gasteiger charge is 2.07. The van der Waals surface area contributed by atoms with Crippen molar-refractivity contribution in [3.05, 3.63) is 24.3 Å². The number of carbonyl (C=O) groups excluding carboxylic acids is 2. The Hall–Kier alpha value is -2.04. The molecule has 0 saturated heterocycles. The number of nitrogens with one attached hydrogen (secondary N) is 1. The van der Waals surface area contributed by atoms with Crippen molar-refractivity contribution in [2.45, 2.75) is 12.8 Å². The zero-order valence-electron chi connectivity index (χ0n) is 8.90. The number of methoxy groups -OCH3 is 1. The molecular weight excluding hydrogens is 210 g/mol.